The Balaban J connectivity index is 0.000000199. The van der Waals surface area contributed by atoms with Crippen molar-refractivity contribution in [3.8, 4) is 22.8 Å². The third kappa shape index (κ3) is 20.6. The number of benzene rings is 4. The van der Waals surface area contributed by atoms with E-state index in [2.05, 4.69) is 65.4 Å². The minimum absolute atomic E-state index is 0. The molecule has 3 fully saturated rings. The number of aromatic nitrogens is 7. The number of sulfonamides is 1. The van der Waals surface area contributed by atoms with E-state index in [1.807, 2.05) is 109 Å². The molecule has 3 N–H and O–H groups in total. The molecule has 0 saturated carbocycles. The van der Waals surface area contributed by atoms with Gasteiger partial charge >= 0.3 is 81.9 Å². The average Bonchev–Trinajstić information content (AvgIpc) is 1.59. The van der Waals surface area contributed by atoms with Crippen molar-refractivity contribution in [2.75, 3.05) is 44.6 Å². The van der Waals surface area contributed by atoms with Crippen LogP contribution >= 0.6 is 0 Å². The van der Waals surface area contributed by atoms with Gasteiger partial charge in [-0.1, -0.05) is 117 Å². The quantitative estimate of drug-likeness (QED) is 0.0421. The van der Waals surface area contributed by atoms with E-state index in [1.54, 1.807) is 53.9 Å². The van der Waals surface area contributed by atoms with Crippen LogP contribution in [0, 0.1) is 10.1 Å². The van der Waals surface area contributed by atoms with Gasteiger partial charge in [0, 0.05) is 72.6 Å². The van der Waals surface area contributed by atoms with Gasteiger partial charge in [-0.2, -0.15) is 21.1 Å². The molecule has 4 aromatic carbocycles. The number of fused-ring (bicyclic) bond motifs is 2. The monoisotopic (exact) mass is 1330 g/mol. The maximum atomic E-state index is 13.2. The summed E-state index contributed by atoms with van der Waals surface area (Å²) in [5, 5.41) is 33.3. The number of carbonyl (C=O) groups excluding carboxylic acids is 1. The van der Waals surface area contributed by atoms with Crippen LogP contribution in [0.3, 0.4) is 0 Å². The summed E-state index contributed by atoms with van der Waals surface area (Å²) < 4.78 is 68.8. The van der Waals surface area contributed by atoms with Crippen LogP contribution in [0.1, 0.15) is 80.9 Å². The van der Waals surface area contributed by atoms with E-state index in [1.165, 1.54) is 49.7 Å². The van der Waals surface area contributed by atoms with E-state index in [0.29, 0.717) is 42.7 Å². The van der Waals surface area contributed by atoms with Crippen LogP contribution in [0.2, 0.25) is 13.6 Å². The fourth-order valence-corrected chi connectivity index (χ4v) is 12.3. The van der Waals surface area contributed by atoms with Gasteiger partial charge in [-0.15, -0.1) is 0 Å². The summed E-state index contributed by atoms with van der Waals surface area (Å²) in [6, 6.07) is 48.2. The van der Waals surface area contributed by atoms with Gasteiger partial charge in [-0.25, -0.2) is 33.3 Å². The number of pyridine rings is 3. The first-order chi connectivity index (χ1) is 44.0. The van der Waals surface area contributed by atoms with E-state index < -0.39 is 40.5 Å². The molecule has 3 aliphatic rings. The first-order valence-corrected chi connectivity index (χ1v) is 42.3. The number of hydrogen-bond acceptors (Lipinski definition) is 19. The predicted molar refractivity (Wildman–Crippen MR) is 363 cm³/mol. The van der Waals surface area contributed by atoms with Gasteiger partial charge in [0.1, 0.15) is 29.0 Å². The number of carbonyl (C=O) groups is 1. The van der Waals surface area contributed by atoms with Gasteiger partial charge in [0.15, 0.2) is 11.3 Å². The van der Waals surface area contributed by atoms with Crippen LogP contribution in [0.15, 0.2) is 175 Å². The molecule has 3 saturated heterocycles. The fraction of sp³-hybridized carbons (Fsp3) is 0.323. The minimum atomic E-state index is -3.49. The molecule has 92 heavy (non-hydrogen) atoms. The number of aldehydes is 1. The standard InChI is InChI=1S/C25H26N4O2S.C18H21BN4O.C11H17BN4O3.C7H6O.CH4.2Na.O4S2/c1-2-19-10-12-22(13-11-19)32(30,31)28-17-14-21(15-18-28)29-24(20-7-4-3-5-8-20)27-23-9-6-16-26-25(23)29;1-19(24)22-12-9-15(10-13-22)23-17(14-6-3-2-4-7-14)21-16-8-5-11-20-18(16)23;1-12(17)15-7-4-9(5-8-15)14-11-10(16(18)19)3-2-6-13-11;8-6-7-4-2-1-3-5-7;;;;1-5(2)6(3)4/h3-13,16,21H,2,14-15,17-18H2,1H3;2-8,11,15,24H,9-10,12-13H2,1H3;2-3,6,9,17H,4-5,7-8H2,1H3,(H,13,14);1-6H;1H4;;;. The zero-order chi connectivity index (χ0) is 65.5. The molecule has 0 amide bonds. The summed E-state index contributed by atoms with van der Waals surface area (Å²) in [6.07, 6.45) is 12.0. The Bertz CT molecular complexity index is 4120. The van der Waals surface area contributed by atoms with E-state index in [4.69, 9.17) is 26.8 Å². The Morgan fingerprint density at radius 1 is 0.609 bits per heavy atom. The molecule has 0 bridgehead atoms. The molecule has 0 unspecified atom stereocenters. The van der Waals surface area contributed by atoms with Crippen molar-refractivity contribution in [3.05, 3.63) is 191 Å². The second kappa shape index (κ2) is 37.5. The molecule has 8 heterocycles. The van der Waals surface area contributed by atoms with Gasteiger partial charge in [0.05, 0.1) is 9.82 Å². The van der Waals surface area contributed by atoms with Crippen molar-refractivity contribution in [2.45, 2.75) is 96.0 Å². The summed E-state index contributed by atoms with van der Waals surface area (Å²) >= 11 is 2.89. The Morgan fingerprint density at radius 2 is 1.02 bits per heavy atom. The number of nitrogens with one attached hydrogen (secondary N) is 1. The third-order valence-electron chi connectivity index (χ3n) is 15.5. The number of aryl methyl sites for hydroxylation is 1. The molecule has 474 valence electrons. The Kier molecular flexibility index (Phi) is 30.5. The van der Waals surface area contributed by atoms with Crippen molar-refractivity contribution >= 4 is 126 Å². The molecule has 0 radical (unpaired) electrons. The van der Waals surface area contributed by atoms with E-state index >= 15 is 0 Å². The second-order valence-electron chi connectivity index (χ2n) is 21.2. The fourth-order valence-electron chi connectivity index (χ4n) is 10.8. The zero-order valence-corrected chi connectivity index (χ0v) is 58.0. The molecular formula is C62H74B2N12Na2O11S3. The summed E-state index contributed by atoms with van der Waals surface area (Å²) in [5.41, 5.74) is 7.62. The molecule has 0 atom stereocenters. The van der Waals surface area contributed by atoms with Crippen LogP contribution < -0.4 is 5.32 Å². The molecule has 30 heteroatoms. The normalized spacial score (nSPS) is 14.7. The second-order valence-corrected chi connectivity index (χ2v) is 25.6. The first kappa shape index (κ1) is 74.7. The van der Waals surface area contributed by atoms with Gasteiger partial charge in [-0.3, -0.25) is 14.9 Å². The Morgan fingerprint density at radius 3 is 1.42 bits per heavy atom. The Labute approximate surface area is 569 Å². The molecule has 5 aromatic heterocycles. The Hall–Kier alpha value is -6.34. The number of imidazole rings is 2. The summed E-state index contributed by atoms with van der Waals surface area (Å²) in [6.45, 7) is 9.93. The topological polar surface area (TPSA) is 299 Å². The summed E-state index contributed by atoms with van der Waals surface area (Å²) in [4.78, 5) is 47.9. The van der Waals surface area contributed by atoms with Gasteiger partial charge in [0.25, 0.3) is 0 Å². The number of nitrogens with zero attached hydrogens (tertiary/aromatic N) is 11. The first-order valence-electron chi connectivity index (χ1n) is 30.2. The molecule has 0 aliphatic carbocycles. The number of hydrogen-bond donors (Lipinski definition) is 3. The van der Waals surface area contributed by atoms with E-state index in [0.717, 1.165) is 121 Å². The predicted octanol–water partition coefficient (Wildman–Crippen LogP) is 8.54. The van der Waals surface area contributed by atoms with Crippen LogP contribution in [0.5, 0.6) is 0 Å². The van der Waals surface area contributed by atoms with Crippen LogP contribution in [0.25, 0.3) is 45.1 Å². The maximum absolute atomic E-state index is 13.2. The molecule has 12 rings (SSSR count). The van der Waals surface area contributed by atoms with Gasteiger partial charge < -0.3 is 34.1 Å². The average molecular weight is 1330 g/mol. The molecular weight excluding hydrogens is 1250 g/mol. The van der Waals surface area contributed by atoms with Crippen molar-refractivity contribution in [2.24, 2.45) is 0 Å². The number of nitro groups is 1. The van der Waals surface area contributed by atoms with Crippen molar-refractivity contribution in [1.29, 1.82) is 0 Å². The number of anilines is 1. The van der Waals surface area contributed by atoms with Gasteiger partial charge in [0.2, 0.25) is 15.8 Å². The van der Waals surface area contributed by atoms with Crippen molar-refractivity contribution in [3.63, 3.8) is 0 Å². The van der Waals surface area contributed by atoms with Crippen molar-refractivity contribution < 1.29 is 45.0 Å². The molecule has 23 nitrogen and oxygen atoms in total. The van der Waals surface area contributed by atoms with Crippen LogP contribution in [-0.2, 0) is 35.0 Å². The SMILES string of the molecule is C.CB(O)N1CCC(Nc2ncccc2[N+](=O)[O-])CC1.CB(O)N1CCC(n2c(-c3ccccc3)nc3cccnc32)CC1.CCc1ccc(S(=O)(=O)N2CCC(n3c(-c4ccccc4)nc4cccnc43)CC2)cc1.O=Cc1ccccc1.O=S(=O)=S(=O)=O.[Na][Na]. The zero-order valence-electron chi connectivity index (χ0n) is 51.5. The van der Waals surface area contributed by atoms with Gasteiger partial charge in [-0.05, 0) is 133 Å². The number of rotatable bonds is 13. The molecule has 9 aromatic rings. The van der Waals surface area contributed by atoms with E-state index in [-0.39, 0.29) is 32.2 Å². The summed E-state index contributed by atoms with van der Waals surface area (Å²) in [5.74, 6) is 2.19. The molecule has 0 spiro atoms. The third-order valence-corrected chi connectivity index (χ3v) is 18.3. The van der Waals surface area contributed by atoms with Crippen molar-refractivity contribution in [1.82, 2.24) is 48.0 Å². The van der Waals surface area contributed by atoms with Crippen LogP contribution in [-0.4, -0.2) is 198 Å². The van der Waals surface area contributed by atoms with Crippen LogP contribution in [0.4, 0.5) is 11.5 Å². The number of piperidine rings is 3. The molecule has 3 aliphatic heterocycles. The summed E-state index contributed by atoms with van der Waals surface area (Å²) in [7, 11) is -10.2. The van der Waals surface area contributed by atoms with E-state index in [9.17, 15) is 33.4 Å².